The van der Waals surface area contributed by atoms with E-state index in [1.54, 1.807) is 7.11 Å². The Balaban J connectivity index is 3.83. The molecule has 0 rings (SSSR count). The molecule has 1 unspecified atom stereocenters. The van der Waals surface area contributed by atoms with E-state index in [2.05, 4.69) is 14.6 Å². The van der Waals surface area contributed by atoms with Crippen LogP contribution in [0.3, 0.4) is 0 Å². The van der Waals surface area contributed by atoms with E-state index >= 15 is 0 Å². The number of nitrogens with one attached hydrogen (secondary N) is 1. The second-order valence-electron chi connectivity index (χ2n) is 5.63. The second kappa shape index (κ2) is 8.08. The van der Waals surface area contributed by atoms with Gasteiger partial charge in [-0.05, 0) is 40.5 Å². The molecule has 1 N–H and O–H groups in total. The van der Waals surface area contributed by atoms with Gasteiger partial charge in [-0.1, -0.05) is 0 Å². The SMILES string of the molecule is COC(C)(C)CCOC(C)(C)CCNC(=O)CP. The summed E-state index contributed by atoms with van der Waals surface area (Å²) in [5, 5.41) is 2.84. The van der Waals surface area contributed by atoms with Crippen molar-refractivity contribution in [2.45, 2.75) is 51.7 Å². The first-order valence-electron chi connectivity index (χ1n) is 6.38. The van der Waals surface area contributed by atoms with Crippen LogP contribution in [0.2, 0.25) is 0 Å². The molecule has 0 aliphatic carbocycles. The average molecular weight is 277 g/mol. The molecule has 0 aromatic rings. The number of hydrogen-bond donors (Lipinski definition) is 1. The highest BCUT2D eigenvalue weighted by molar-refractivity contribution is 7.18. The summed E-state index contributed by atoms with van der Waals surface area (Å²) in [6, 6.07) is 0. The van der Waals surface area contributed by atoms with Crippen LogP contribution in [-0.2, 0) is 14.3 Å². The zero-order chi connectivity index (χ0) is 14.2. The van der Waals surface area contributed by atoms with E-state index in [9.17, 15) is 4.79 Å². The van der Waals surface area contributed by atoms with Gasteiger partial charge in [0.05, 0.1) is 17.8 Å². The van der Waals surface area contributed by atoms with E-state index in [-0.39, 0.29) is 17.1 Å². The highest BCUT2D eigenvalue weighted by Gasteiger charge is 2.21. The number of ether oxygens (including phenoxy) is 2. The van der Waals surface area contributed by atoms with E-state index in [4.69, 9.17) is 9.47 Å². The van der Waals surface area contributed by atoms with Crippen molar-refractivity contribution in [1.82, 2.24) is 5.32 Å². The van der Waals surface area contributed by atoms with Crippen molar-refractivity contribution in [1.29, 1.82) is 0 Å². The fraction of sp³-hybridized carbons (Fsp3) is 0.923. The van der Waals surface area contributed by atoms with Gasteiger partial charge >= 0.3 is 0 Å². The summed E-state index contributed by atoms with van der Waals surface area (Å²) in [6.45, 7) is 9.48. The van der Waals surface area contributed by atoms with Gasteiger partial charge in [-0.15, -0.1) is 9.24 Å². The van der Waals surface area contributed by atoms with Crippen LogP contribution in [0, 0.1) is 0 Å². The molecule has 108 valence electrons. The van der Waals surface area contributed by atoms with Crippen LogP contribution in [-0.4, -0.2) is 43.5 Å². The third-order valence-electron chi connectivity index (χ3n) is 2.98. The molecule has 0 fully saturated rings. The molecule has 0 aromatic heterocycles. The van der Waals surface area contributed by atoms with Crippen LogP contribution in [0.4, 0.5) is 0 Å². The first-order valence-corrected chi connectivity index (χ1v) is 7.20. The Morgan fingerprint density at radius 2 is 1.78 bits per heavy atom. The maximum atomic E-state index is 11.1. The number of hydrogen-bond acceptors (Lipinski definition) is 3. The summed E-state index contributed by atoms with van der Waals surface area (Å²) in [5.74, 6) is 0.0521. The fourth-order valence-corrected chi connectivity index (χ4v) is 1.47. The first-order chi connectivity index (χ1) is 8.22. The standard InChI is InChI=1S/C13H28NO3P/c1-12(2,16-5)7-9-17-13(3,4)6-8-14-11(15)10-18/h6-10,18H2,1-5H3,(H,14,15). The van der Waals surface area contributed by atoms with Crippen LogP contribution < -0.4 is 5.32 Å². The minimum Gasteiger partial charge on any atom is -0.379 e. The summed E-state index contributed by atoms with van der Waals surface area (Å²) in [4.78, 5) is 11.1. The van der Waals surface area contributed by atoms with E-state index in [1.807, 2.05) is 27.7 Å². The summed E-state index contributed by atoms with van der Waals surface area (Å²) in [6.07, 6.45) is 2.10. The Morgan fingerprint density at radius 1 is 1.17 bits per heavy atom. The highest BCUT2D eigenvalue weighted by Crippen LogP contribution is 2.18. The van der Waals surface area contributed by atoms with E-state index in [1.165, 1.54) is 0 Å². The van der Waals surface area contributed by atoms with Crippen LogP contribution in [0.5, 0.6) is 0 Å². The molecule has 0 spiro atoms. The molecule has 1 amide bonds. The van der Waals surface area contributed by atoms with Crippen molar-refractivity contribution in [2.24, 2.45) is 0 Å². The number of carbonyl (C=O) groups excluding carboxylic acids is 1. The number of rotatable bonds is 9. The largest absolute Gasteiger partial charge is 0.379 e. The van der Waals surface area contributed by atoms with Gasteiger partial charge in [0, 0.05) is 19.8 Å². The van der Waals surface area contributed by atoms with Gasteiger partial charge in [-0.25, -0.2) is 0 Å². The number of amides is 1. The Bertz CT molecular complexity index is 255. The highest BCUT2D eigenvalue weighted by atomic mass is 31.0. The van der Waals surface area contributed by atoms with Crippen molar-refractivity contribution in [3.63, 3.8) is 0 Å². The molecule has 0 aliphatic heterocycles. The molecule has 5 heteroatoms. The van der Waals surface area contributed by atoms with Crippen molar-refractivity contribution < 1.29 is 14.3 Å². The predicted molar refractivity (Wildman–Crippen MR) is 77.9 cm³/mol. The van der Waals surface area contributed by atoms with Crippen LogP contribution in [0.25, 0.3) is 0 Å². The molecule has 18 heavy (non-hydrogen) atoms. The summed E-state index contributed by atoms with van der Waals surface area (Å²) in [7, 11) is 4.12. The monoisotopic (exact) mass is 277 g/mol. The summed E-state index contributed by atoms with van der Waals surface area (Å²) in [5.41, 5.74) is -0.373. The minimum atomic E-state index is -0.224. The lowest BCUT2D eigenvalue weighted by Crippen LogP contribution is -2.34. The lowest BCUT2D eigenvalue weighted by molar-refractivity contribution is -0.118. The topological polar surface area (TPSA) is 47.6 Å². The lowest BCUT2D eigenvalue weighted by Gasteiger charge is -2.29. The summed E-state index contributed by atoms with van der Waals surface area (Å²) >= 11 is 0. The maximum absolute atomic E-state index is 11.1. The molecule has 0 heterocycles. The fourth-order valence-electron chi connectivity index (χ4n) is 1.32. The molecule has 4 nitrogen and oxygen atoms in total. The van der Waals surface area contributed by atoms with Crippen molar-refractivity contribution in [2.75, 3.05) is 26.4 Å². The molecule has 0 saturated carbocycles. The van der Waals surface area contributed by atoms with Crippen molar-refractivity contribution >= 4 is 15.1 Å². The Hall–Kier alpha value is -0.180. The van der Waals surface area contributed by atoms with Gasteiger partial charge < -0.3 is 14.8 Å². The lowest BCUT2D eigenvalue weighted by atomic mass is 10.0. The third kappa shape index (κ3) is 8.84. The number of methoxy groups -OCH3 is 1. The maximum Gasteiger partial charge on any atom is 0.223 e. The normalized spacial score (nSPS) is 12.6. The van der Waals surface area contributed by atoms with Crippen molar-refractivity contribution in [3.8, 4) is 0 Å². The van der Waals surface area contributed by atoms with E-state index < -0.39 is 0 Å². The van der Waals surface area contributed by atoms with Crippen LogP contribution in [0.1, 0.15) is 40.5 Å². The minimum absolute atomic E-state index is 0.0521. The molecule has 0 aromatic carbocycles. The molecule has 0 bridgehead atoms. The van der Waals surface area contributed by atoms with Gasteiger partial charge in [-0.2, -0.15) is 0 Å². The zero-order valence-corrected chi connectivity index (χ0v) is 13.5. The molecule has 0 aliphatic rings. The molecule has 0 radical (unpaired) electrons. The van der Waals surface area contributed by atoms with Crippen LogP contribution in [0.15, 0.2) is 0 Å². The third-order valence-corrected chi connectivity index (χ3v) is 3.35. The van der Waals surface area contributed by atoms with Gasteiger partial charge in [0.2, 0.25) is 5.91 Å². The Morgan fingerprint density at radius 3 is 2.28 bits per heavy atom. The van der Waals surface area contributed by atoms with Gasteiger partial charge in [0.25, 0.3) is 0 Å². The van der Waals surface area contributed by atoms with E-state index in [0.29, 0.717) is 19.3 Å². The van der Waals surface area contributed by atoms with Gasteiger partial charge in [-0.3, -0.25) is 4.79 Å². The summed E-state index contributed by atoms with van der Waals surface area (Å²) < 4.78 is 11.2. The predicted octanol–water partition coefficient (Wildman–Crippen LogP) is 1.98. The van der Waals surface area contributed by atoms with Crippen LogP contribution >= 0.6 is 9.24 Å². The Kier molecular flexibility index (Phi) is 8.00. The van der Waals surface area contributed by atoms with Gasteiger partial charge in [0.1, 0.15) is 0 Å². The Labute approximate surface area is 113 Å². The first kappa shape index (κ1) is 17.8. The molecular weight excluding hydrogens is 249 g/mol. The molecular formula is C13H28NO3P. The smallest absolute Gasteiger partial charge is 0.223 e. The van der Waals surface area contributed by atoms with E-state index in [0.717, 1.165) is 12.8 Å². The number of carbonyl (C=O) groups is 1. The molecule has 1 atom stereocenters. The molecule has 0 saturated heterocycles. The average Bonchev–Trinajstić information content (AvgIpc) is 2.28. The van der Waals surface area contributed by atoms with Gasteiger partial charge in [0.15, 0.2) is 0 Å². The zero-order valence-electron chi connectivity index (χ0n) is 12.3. The second-order valence-corrected chi connectivity index (χ2v) is 6.03. The quantitative estimate of drug-likeness (QED) is 0.656. The van der Waals surface area contributed by atoms with Crippen molar-refractivity contribution in [3.05, 3.63) is 0 Å².